The number of halogens is 4. The first kappa shape index (κ1) is 15.8. The number of anilines is 1. The summed E-state index contributed by atoms with van der Waals surface area (Å²) in [5, 5.41) is 11.1. The predicted octanol–water partition coefficient (Wildman–Crippen LogP) is 2.92. The number of hydrogen-bond donors (Lipinski definition) is 2. The first-order valence-electron chi connectivity index (χ1n) is 5.25. The van der Waals surface area contributed by atoms with Crippen LogP contribution in [0.15, 0.2) is 22.7 Å². The summed E-state index contributed by atoms with van der Waals surface area (Å²) in [6, 6.07) is 2.71. The third-order valence-electron chi connectivity index (χ3n) is 2.31. The van der Waals surface area contributed by atoms with Gasteiger partial charge < -0.3 is 15.3 Å². The van der Waals surface area contributed by atoms with Gasteiger partial charge in [0.05, 0.1) is 12.2 Å². The van der Waals surface area contributed by atoms with E-state index in [9.17, 15) is 18.0 Å². The van der Waals surface area contributed by atoms with E-state index >= 15 is 0 Å². The summed E-state index contributed by atoms with van der Waals surface area (Å²) in [7, 11) is 1.46. The zero-order chi connectivity index (χ0) is 14.6. The summed E-state index contributed by atoms with van der Waals surface area (Å²) in [4.78, 5) is 12.8. The number of likely N-dealkylation sites (N-methyl/N-ethyl adjacent to an activating group) is 1. The van der Waals surface area contributed by atoms with Crippen molar-refractivity contribution in [2.45, 2.75) is 6.18 Å². The average molecular weight is 341 g/mol. The van der Waals surface area contributed by atoms with Gasteiger partial charge in [0.1, 0.15) is 0 Å². The molecule has 0 saturated heterocycles. The Bertz CT molecular complexity index is 466. The molecule has 0 unspecified atom stereocenters. The second kappa shape index (κ2) is 6.25. The average Bonchev–Trinajstić information content (AvgIpc) is 2.27. The Hall–Kier alpha value is -1.28. The van der Waals surface area contributed by atoms with Gasteiger partial charge in [-0.15, -0.1) is 0 Å². The lowest BCUT2D eigenvalue weighted by Crippen LogP contribution is -2.33. The van der Waals surface area contributed by atoms with Crippen LogP contribution < -0.4 is 5.32 Å². The van der Waals surface area contributed by atoms with Crippen LogP contribution in [0, 0.1) is 0 Å². The second-order valence-electron chi connectivity index (χ2n) is 3.77. The van der Waals surface area contributed by atoms with Crippen LogP contribution in [0.1, 0.15) is 5.56 Å². The van der Waals surface area contributed by atoms with Crippen molar-refractivity contribution >= 4 is 27.6 Å². The van der Waals surface area contributed by atoms with Crippen molar-refractivity contribution in [2.75, 3.05) is 25.5 Å². The van der Waals surface area contributed by atoms with E-state index in [0.29, 0.717) is 0 Å². The van der Waals surface area contributed by atoms with Crippen molar-refractivity contribution in [3.05, 3.63) is 28.2 Å². The quantitative estimate of drug-likeness (QED) is 0.888. The van der Waals surface area contributed by atoms with Crippen LogP contribution in [0.5, 0.6) is 0 Å². The first-order chi connectivity index (χ1) is 8.75. The molecule has 1 aromatic carbocycles. The van der Waals surface area contributed by atoms with Crippen LogP contribution >= 0.6 is 15.9 Å². The number of nitrogens with zero attached hydrogens (tertiary/aromatic N) is 1. The molecule has 1 aromatic rings. The fourth-order valence-electron chi connectivity index (χ4n) is 1.29. The summed E-state index contributed by atoms with van der Waals surface area (Å²) in [6.45, 7) is -0.0612. The lowest BCUT2D eigenvalue weighted by Gasteiger charge is -2.17. The van der Waals surface area contributed by atoms with Gasteiger partial charge >= 0.3 is 12.2 Å². The fraction of sp³-hybridized carbons (Fsp3) is 0.364. The Morgan fingerprint density at radius 3 is 2.58 bits per heavy atom. The topological polar surface area (TPSA) is 52.6 Å². The van der Waals surface area contributed by atoms with Crippen LogP contribution in [0.4, 0.5) is 23.7 Å². The molecule has 0 aromatic heterocycles. The highest BCUT2D eigenvalue weighted by atomic mass is 79.9. The van der Waals surface area contributed by atoms with Crippen molar-refractivity contribution < 1.29 is 23.1 Å². The monoisotopic (exact) mass is 340 g/mol. The van der Waals surface area contributed by atoms with Crippen LogP contribution in [-0.4, -0.2) is 36.2 Å². The van der Waals surface area contributed by atoms with E-state index in [2.05, 4.69) is 21.2 Å². The highest BCUT2D eigenvalue weighted by Gasteiger charge is 2.32. The van der Waals surface area contributed by atoms with Crippen LogP contribution in [0.3, 0.4) is 0 Å². The molecule has 2 amide bonds. The number of benzene rings is 1. The minimum atomic E-state index is -4.45. The molecular weight excluding hydrogens is 329 g/mol. The molecule has 0 bridgehead atoms. The number of amides is 2. The third kappa shape index (κ3) is 4.39. The van der Waals surface area contributed by atoms with Crippen molar-refractivity contribution in [1.82, 2.24) is 4.90 Å². The molecule has 0 aliphatic heterocycles. The van der Waals surface area contributed by atoms with E-state index in [-0.39, 0.29) is 23.3 Å². The fourth-order valence-corrected chi connectivity index (χ4v) is 1.90. The van der Waals surface area contributed by atoms with Gasteiger partial charge in [-0.2, -0.15) is 13.2 Å². The Morgan fingerprint density at radius 2 is 2.11 bits per heavy atom. The largest absolute Gasteiger partial charge is 0.417 e. The number of rotatable bonds is 3. The van der Waals surface area contributed by atoms with E-state index in [4.69, 9.17) is 5.11 Å². The Labute approximate surface area is 116 Å². The first-order valence-corrected chi connectivity index (χ1v) is 6.04. The van der Waals surface area contributed by atoms with Gasteiger partial charge in [0, 0.05) is 23.8 Å². The number of carbonyl (C=O) groups is 1. The third-order valence-corrected chi connectivity index (χ3v) is 2.96. The van der Waals surface area contributed by atoms with Crippen LogP contribution in [0.2, 0.25) is 0 Å². The maximum absolute atomic E-state index is 12.5. The number of carbonyl (C=O) groups excluding carboxylic acids is 1. The Balaban J connectivity index is 2.82. The summed E-state index contributed by atoms with van der Waals surface area (Å²) < 4.78 is 37.4. The molecule has 0 saturated carbocycles. The minimum absolute atomic E-state index is 0.133. The molecule has 4 nitrogen and oxygen atoms in total. The van der Waals surface area contributed by atoms with Crippen molar-refractivity contribution in [1.29, 1.82) is 0 Å². The maximum Gasteiger partial charge on any atom is 0.417 e. The number of aliphatic hydroxyl groups excluding tert-OH is 1. The van der Waals surface area contributed by atoms with Crippen LogP contribution in [-0.2, 0) is 6.18 Å². The van der Waals surface area contributed by atoms with Gasteiger partial charge in [0.2, 0.25) is 0 Å². The minimum Gasteiger partial charge on any atom is -0.395 e. The Kier molecular flexibility index (Phi) is 5.19. The molecule has 0 heterocycles. The number of aliphatic hydroxyl groups is 1. The maximum atomic E-state index is 12.5. The summed E-state index contributed by atoms with van der Waals surface area (Å²) in [6.07, 6.45) is -4.45. The van der Waals surface area contributed by atoms with Gasteiger partial charge in [-0.1, -0.05) is 15.9 Å². The molecule has 8 heteroatoms. The standard InChI is InChI=1S/C11H12BrF3N2O2/c1-17(4-5-18)10(19)16-7-2-3-8(9(12)6-7)11(13,14)15/h2-3,6,18H,4-5H2,1H3,(H,16,19). The van der Waals surface area contributed by atoms with E-state index in [1.807, 2.05) is 0 Å². The summed E-state index contributed by atoms with van der Waals surface area (Å²) in [5.41, 5.74) is -0.580. The van der Waals surface area contributed by atoms with Crippen LogP contribution in [0.25, 0.3) is 0 Å². The van der Waals surface area contributed by atoms with Gasteiger partial charge in [-0.05, 0) is 18.2 Å². The zero-order valence-electron chi connectivity index (χ0n) is 9.96. The molecule has 0 fully saturated rings. The predicted molar refractivity (Wildman–Crippen MR) is 67.9 cm³/mol. The van der Waals surface area contributed by atoms with Crippen molar-refractivity contribution in [2.24, 2.45) is 0 Å². The van der Waals surface area contributed by atoms with Gasteiger partial charge in [0.25, 0.3) is 0 Å². The molecule has 0 aliphatic rings. The lowest BCUT2D eigenvalue weighted by atomic mass is 10.2. The molecule has 2 N–H and O–H groups in total. The zero-order valence-corrected chi connectivity index (χ0v) is 11.5. The van der Waals surface area contributed by atoms with Gasteiger partial charge in [-0.25, -0.2) is 4.79 Å². The molecule has 106 valence electrons. The van der Waals surface area contributed by atoms with E-state index in [1.165, 1.54) is 18.0 Å². The molecule has 19 heavy (non-hydrogen) atoms. The van der Waals surface area contributed by atoms with Gasteiger partial charge in [0.15, 0.2) is 0 Å². The number of hydrogen-bond acceptors (Lipinski definition) is 2. The van der Waals surface area contributed by atoms with Gasteiger partial charge in [-0.3, -0.25) is 0 Å². The highest BCUT2D eigenvalue weighted by molar-refractivity contribution is 9.10. The lowest BCUT2D eigenvalue weighted by molar-refractivity contribution is -0.138. The second-order valence-corrected chi connectivity index (χ2v) is 4.62. The molecule has 0 spiro atoms. The summed E-state index contributed by atoms with van der Waals surface area (Å²) >= 11 is 2.82. The normalized spacial score (nSPS) is 11.3. The number of alkyl halides is 3. The Morgan fingerprint density at radius 1 is 1.47 bits per heavy atom. The van der Waals surface area contributed by atoms with Crippen molar-refractivity contribution in [3.8, 4) is 0 Å². The van der Waals surface area contributed by atoms with Crippen molar-refractivity contribution in [3.63, 3.8) is 0 Å². The summed E-state index contributed by atoms with van der Waals surface area (Å²) in [5.74, 6) is 0. The van der Waals surface area contributed by atoms with E-state index in [1.54, 1.807) is 0 Å². The van der Waals surface area contributed by atoms with E-state index in [0.717, 1.165) is 12.1 Å². The SMILES string of the molecule is CN(CCO)C(=O)Nc1ccc(C(F)(F)F)c(Br)c1. The number of nitrogens with one attached hydrogen (secondary N) is 1. The molecule has 0 aliphatic carbocycles. The van der Waals surface area contributed by atoms with E-state index < -0.39 is 17.8 Å². The molecular formula is C11H12BrF3N2O2. The molecule has 1 rings (SSSR count). The number of urea groups is 1. The molecule has 0 atom stereocenters. The highest BCUT2D eigenvalue weighted by Crippen LogP contribution is 2.36. The molecule has 0 radical (unpaired) electrons. The smallest absolute Gasteiger partial charge is 0.395 e.